The first-order chi connectivity index (χ1) is 13.0. The van der Waals surface area contributed by atoms with Crippen molar-refractivity contribution in [2.75, 3.05) is 13.1 Å². The van der Waals surface area contributed by atoms with Crippen LogP contribution in [0.1, 0.15) is 35.4 Å². The first-order valence-electron chi connectivity index (χ1n) is 9.62. The smallest absolute Gasteiger partial charge is 0.0970 e. The van der Waals surface area contributed by atoms with E-state index in [4.69, 9.17) is 0 Å². The molecule has 0 saturated heterocycles. The number of hydrogen-bond acceptors (Lipinski definition) is 4. The summed E-state index contributed by atoms with van der Waals surface area (Å²) in [6, 6.07) is 10.3. The van der Waals surface area contributed by atoms with Crippen LogP contribution in [0, 0.1) is 6.92 Å². The lowest BCUT2D eigenvalue weighted by Crippen LogP contribution is -2.36. The zero-order chi connectivity index (χ0) is 19.0. The van der Waals surface area contributed by atoms with E-state index in [2.05, 4.69) is 39.6 Å². The number of β-amino-alcohol motifs (C(OH)–C–C–N with tert-alkyl or cyclic N) is 1. The van der Waals surface area contributed by atoms with E-state index in [1.54, 1.807) is 12.4 Å². The van der Waals surface area contributed by atoms with Crippen molar-refractivity contribution in [1.82, 2.24) is 14.5 Å². The number of aliphatic hydroxyl groups is 2. The number of pyridine rings is 1. The van der Waals surface area contributed by atoms with Gasteiger partial charge in [-0.25, -0.2) is 0 Å². The molecule has 0 fully saturated rings. The van der Waals surface area contributed by atoms with Gasteiger partial charge in [0.25, 0.3) is 0 Å². The molecule has 142 valence electrons. The Balaban J connectivity index is 1.73. The number of hydrogen-bond donors (Lipinski definition) is 2. The summed E-state index contributed by atoms with van der Waals surface area (Å²) in [5, 5.41) is 21.8. The number of aliphatic hydroxyl groups excluding tert-OH is 2. The maximum Gasteiger partial charge on any atom is 0.0970 e. The van der Waals surface area contributed by atoms with Crippen LogP contribution in [0.15, 0.2) is 42.7 Å². The molecule has 1 aliphatic heterocycles. The number of aryl methyl sites for hydroxylation is 1. The van der Waals surface area contributed by atoms with Gasteiger partial charge in [0, 0.05) is 55.0 Å². The molecule has 0 amide bonds. The van der Waals surface area contributed by atoms with Gasteiger partial charge in [-0.1, -0.05) is 11.6 Å². The van der Waals surface area contributed by atoms with Crippen LogP contribution in [-0.2, 0) is 19.5 Å². The highest BCUT2D eigenvalue weighted by molar-refractivity contribution is 5.86. The molecule has 2 N–H and O–H groups in total. The standard InChI is InChI=1S/C22H27N3O2/c1-15-3-4-20-18(11-15)19-13-24(12-16(2)26)10-7-21(19)25(20)14-22(27)17-5-8-23-9-6-17/h3-6,8-9,11,16,22,26-27H,7,10,12-14H2,1-2H3. The van der Waals surface area contributed by atoms with Gasteiger partial charge in [-0.3, -0.25) is 9.88 Å². The van der Waals surface area contributed by atoms with Gasteiger partial charge in [0.2, 0.25) is 0 Å². The molecule has 5 nitrogen and oxygen atoms in total. The molecule has 27 heavy (non-hydrogen) atoms. The van der Waals surface area contributed by atoms with Crippen molar-refractivity contribution < 1.29 is 10.2 Å². The molecule has 3 heterocycles. The second kappa shape index (κ2) is 7.43. The maximum atomic E-state index is 10.8. The van der Waals surface area contributed by atoms with Crippen molar-refractivity contribution in [3.8, 4) is 0 Å². The Morgan fingerprint density at radius 3 is 2.63 bits per heavy atom. The van der Waals surface area contributed by atoms with Gasteiger partial charge in [0.1, 0.15) is 0 Å². The maximum absolute atomic E-state index is 10.8. The summed E-state index contributed by atoms with van der Waals surface area (Å²) in [5.74, 6) is 0. The third-order valence-corrected chi connectivity index (χ3v) is 5.46. The molecule has 1 aliphatic rings. The monoisotopic (exact) mass is 365 g/mol. The number of aromatic nitrogens is 2. The second-order valence-electron chi connectivity index (χ2n) is 7.69. The van der Waals surface area contributed by atoms with Crippen LogP contribution < -0.4 is 0 Å². The number of rotatable bonds is 5. The van der Waals surface area contributed by atoms with Crippen molar-refractivity contribution in [2.24, 2.45) is 0 Å². The van der Waals surface area contributed by atoms with E-state index < -0.39 is 6.10 Å². The van der Waals surface area contributed by atoms with E-state index in [-0.39, 0.29) is 6.10 Å². The van der Waals surface area contributed by atoms with Crippen molar-refractivity contribution >= 4 is 10.9 Å². The molecule has 0 radical (unpaired) electrons. The third-order valence-electron chi connectivity index (χ3n) is 5.46. The minimum absolute atomic E-state index is 0.324. The van der Waals surface area contributed by atoms with Crippen LogP contribution in [0.2, 0.25) is 0 Å². The summed E-state index contributed by atoms with van der Waals surface area (Å²) in [5.41, 5.74) is 5.95. The van der Waals surface area contributed by atoms with Crippen LogP contribution in [0.4, 0.5) is 0 Å². The molecule has 0 bridgehead atoms. The van der Waals surface area contributed by atoms with Crippen LogP contribution in [-0.4, -0.2) is 43.9 Å². The largest absolute Gasteiger partial charge is 0.392 e. The van der Waals surface area contributed by atoms with Crippen LogP contribution >= 0.6 is 0 Å². The first-order valence-corrected chi connectivity index (χ1v) is 9.62. The molecule has 0 aliphatic carbocycles. The van der Waals surface area contributed by atoms with E-state index in [9.17, 15) is 10.2 Å². The summed E-state index contributed by atoms with van der Waals surface area (Å²) in [7, 11) is 0. The molecule has 2 atom stereocenters. The van der Waals surface area contributed by atoms with Crippen molar-refractivity contribution in [3.63, 3.8) is 0 Å². The summed E-state index contributed by atoms with van der Waals surface area (Å²) in [6.45, 7) is 6.96. The van der Waals surface area contributed by atoms with Crippen LogP contribution in [0.5, 0.6) is 0 Å². The Kier molecular flexibility index (Phi) is 5.00. The fourth-order valence-corrected chi connectivity index (χ4v) is 4.22. The summed E-state index contributed by atoms with van der Waals surface area (Å²) >= 11 is 0. The minimum Gasteiger partial charge on any atom is -0.392 e. The highest BCUT2D eigenvalue weighted by Crippen LogP contribution is 2.33. The Morgan fingerprint density at radius 2 is 1.89 bits per heavy atom. The zero-order valence-corrected chi connectivity index (χ0v) is 16.0. The molecule has 1 aromatic carbocycles. The van der Waals surface area contributed by atoms with Gasteiger partial charge >= 0.3 is 0 Å². The molecule has 4 rings (SSSR count). The van der Waals surface area contributed by atoms with E-state index in [1.807, 2.05) is 19.1 Å². The molecular formula is C22H27N3O2. The summed E-state index contributed by atoms with van der Waals surface area (Å²) in [4.78, 5) is 6.36. The Labute approximate surface area is 159 Å². The van der Waals surface area contributed by atoms with Gasteiger partial charge in [-0.15, -0.1) is 0 Å². The average molecular weight is 365 g/mol. The van der Waals surface area contributed by atoms with Crippen molar-refractivity contribution in [3.05, 3.63) is 65.1 Å². The Morgan fingerprint density at radius 1 is 1.11 bits per heavy atom. The SMILES string of the molecule is Cc1ccc2c(c1)c1c(n2CC(O)c2ccncc2)CCN(CC(C)O)C1. The van der Waals surface area contributed by atoms with Gasteiger partial charge in [-0.2, -0.15) is 0 Å². The van der Waals surface area contributed by atoms with Crippen molar-refractivity contribution in [1.29, 1.82) is 0 Å². The quantitative estimate of drug-likeness (QED) is 0.730. The van der Waals surface area contributed by atoms with E-state index >= 15 is 0 Å². The molecule has 0 spiro atoms. The highest BCUT2D eigenvalue weighted by atomic mass is 16.3. The predicted octanol–water partition coefficient (Wildman–Crippen LogP) is 2.82. The Hall–Kier alpha value is -2.21. The topological polar surface area (TPSA) is 61.5 Å². The normalized spacial score (nSPS) is 17.0. The zero-order valence-electron chi connectivity index (χ0n) is 16.0. The Bertz CT molecular complexity index is 934. The second-order valence-corrected chi connectivity index (χ2v) is 7.69. The van der Waals surface area contributed by atoms with Crippen molar-refractivity contribution in [2.45, 2.75) is 45.6 Å². The third kappa shape index (κ3) is 3.63. The summed E-state index contributed by atoms with van der Waals surface area (Å²) in [6.07, 6.45) is 3.48. The lowest BCUT2D eigenvalue weighted by molar-refractivity contribution is 0.117. The number of fused-ring (bicyclic) bond motifs is 3. The molecule has 5 heteroatoms. The fourth-order valence-electron chi connectivity index (χ4n) is 4.22. The van der Waals surface area contributed by atoms with E-state index in [1.165, 1.54) is 27.7 Å². The van der Waals surface area contributed by atoms with Gasteiger partial charge < -0.3 is 14.8 Å². The fraction of sp³-hybridized carbons (Fsp3) is 0.409. The van der Waals surface area contributed by atoms with Crippen LogP contribution in [0.3, 0.4) is 0 Å². The first kappa shape index (κ1) is 18.2. The predicted molar refractivity (Wildman–Crippen MR) is 107 cm³/mol. The molecule has 3 aromatic rings. The minimum atomic E-state index is -0.565. The number of nitrogens with zero attached hydrogens (tertiary/aromatic N) is 3. The van der Waals surface area contributed by atoms with E-state index in [0.717, 1.165) is 25.1 Å². The van der Waals surface area contributed by atoms with Crippen LogP contribution in [0.25, 0.3) is 10.9 Å². The molecule has 0 saturated carbocycles. The lowest BCUT2D eigenvalue weighted by atomic mass is 10.0. The lowest BCUT2D eigenvalue weighted by Gasteiger charge is -2.29. The molecule has 2 aromatic heterocycles. The van der Waals surface area contributed by atoms with Gasteiger partial charge in [-0.05, 0) is 49.2 Å². The summed E-state index contributed by atoms with van der Waals surface area (Å²) < 4.78 is 2.29. The highest BCUT2D eigenvalue weighted by Gasteiger charge is 2.25. The van der Waals surface area contributed by atoms with Gasteiger partial charge in [0.05, 0.1) is 18.8 Å². The molecular weight excluding hydrogens is 338 g/mol. The van der Waals surface area contributed by atoms with Gasteiger partial charge in [0.15, 0.2) is 0 Å². The molecule has 2 unspecified atom stereocenters. The number of benzene rings is 1. The van der Waals surface area contributed by atoms with E-state index in [0.29, 0.717) is 13.1 Å². The average Bonchev–Trinajstić information content (AvgIpc) is 2.94.